The lowest BCUT2D eigenvalue weighted by atomic mass is 9.98. The molecule has 0 radical (unpaired) electrons. The normalized spacial score (nSPS) is 18.5. The molecule has 1 heterocycles. The number of nitrogens with zero attached hydrogens (tertiary/aromatic N) is 2. The van der Waals surface area contributed by atoms with Crippen LogP contribution in [0.15, 0.2) is 54.7 Å². The Morgan fingerprint density at radius 1 is 1.06 bits per heavy atom. The predicted octanol–water partition coefficient (Wildman–Crippen LogP) is 3.76. The highest BCUT2D eigenvalue weighted by molar-refractivity contribution is 6.01. The van der Waals surface area contributed by atoms with Gasteiger partial charge in [0.1, 0.15) is 6.61 Å². The van der Waals surface area contributed by atoms with Gasteiger partial charge in [-0.3, -0.25) is 19.6 Å². The summed E-state index contributed by atoms with van der Waals surface area (Å²) in [4.78, 5) is 36.7. The summed E-state index contributed by atoms with van der Waals surface area (Å²) in [6.45, 7) is 0.153. The lowest BCUT2D eigenvalue weighted by molar-refractivity contribution is -0.141. The second kappa shape index (κ2) is 9.25. The molecule has 5 rings (SSSR count). The molecule has 2 atom stereocenters. The van der Waals surface area contributed by atoms with Crippen molar-refractivity contribution in [3.63, 3.8) is 0 Å². The van der Waals surface area contributed by atoms with Crippen LogP contribution in [-0.2, 0) is 16.6 Å². The first-order valence-electron chi connectivity index (χ1n) is 11.6. The fourth-order valence-corrected chi connectivity index (χ4v) is 5.08. The van der Waals surface area contributed by atoms with E-state index >= 15 is 0 Å². The number of benzene rings is 2. The zero-order valence-electron chi connectivity index (χ0n) is 19.2. The molecule has 1 aromatic heterocycles. The molecule has 180 valence electrons. The van der Waals surface area contributed by atoms with Gasteiger partial charge in [-0.25, -0.2) is 4.79 Å². The summed E-state index contributed by atoms with van der Waals surface area (Å²) in [5, 5.41) is 18.8. The molecule has 3 N–H and O–H groups in total. The van der Waals surface area contributed by atoms with Gasteiger partial charge in [0.25, 0.3) is 5.91 Å². The lowest BCUT2D eigenvalue weighted by Gasteiger charge is -2.15. The van der Waals surface area contributed by atoms with E-state index < -0.39 is 23.9 Å². The molecule has 35 heavy (non-hydrogen) atoms. The first kappa shape index (κ1) is 22.6. The average molecular weight is 475 g/mol. The van der Waals surface area contributed by atoms with Crippen LogP contribution in [0, 0.1) is 5.92 Å². The Bertz CT molecular complexity index is 1250. The number of carbonyl (C=O) groups is 3. The lowest BCUT2D eigenvalue weighted by Crippen LogP contribution is -2.34. The predicted molar refractivity (Wildman–Crippen MR) is 128 cm³/mol. The minimum Gasteiger partial charge on any atom is -0.481 e. The van der Waals surface area contributed by atoms with Crippen LogP contribution in [0.5, 0.6) is 0 Å². The van der Waals surface area contributed by atoms with Gasteiger partial charge in [0, 0.05) is 25.2 Å². The molecule has 9 heteroatoms. The van der Waals surface area contributed by atoms with Crippen LogP contribution in [0.25, 0.3) is 11.1 Å². The zero-order chi connectivity index (χ0) is 24.5. The van der Waals surface area contributed by atoms with E-state index in [0.29, 0.717) is 19.3 Å². The van der Waals surface area contributed by atoms with Crippen molar-refractivity contribution in [3.8, 4) is 11.1 Å². The highest BCUT2D eigenvalue weighted by atomic mass is 16.5. The monoisotopic (exact) mass is 474 g/mol. The standard InChI is InChI=1S/C26H26N4O5/c1-30-13-22(23(29-30)24(31)27-16-11-10-15(12-16)25(32)33)28-26(34)35-14-21-19-8-4-2-6-17(19)18-7-3-5-9-20(18)21/h2-9,13,15-16,21H,10-12,14H2,1H3,(H,27,31)(H,28,34)(H,32,33)/t15-,16+/m1/s1. The Kier molecular flexibility index (Phi) is 5.98. The number of carbonyl (C=O) groups excluding carboxylic acids is 2. The third kappa shape index (κ3) is 4.49. The van der Waals surface area contributed by atoms with Gasteiger partial charge in [0.05, 0.1) is 11.6 Å². The Morgan fingerprint density at radius 3 is 2.34 bits per heavy atom. The molecule has 2 aliphatic rings. The second-order valence-electron chi connectivity index (χ2n) is 9.03. The number of carboxylic acid groups (broad SMARTS) is 1. The topological polar surface area (TPSA) is 123 Å². The van der Waals surface area contributed by atoms with Crippen LogP contribution in [0.4, 0.5) is 10.5 Å². The molecule has 2 aliphatic carbocycles. The molecule has 3 aromatic rings. The van der Waals surface area contributed by atoms with Crippen molar-refractivity contribution in [1.82, 2.24) is 15.1 Å². The molecule has 2 amide bonds. The van der Waals surface area contributed by atoms with E-state index in [-0.39, 0.29) is 29.9 Å². The fraction of sp³-hybridized carbons (Fsp3) is 0.308. The van der Waals surface area contributed by atoms with E-state index in [9.17, 15) is 19.5 Å². The number of carboxylic acids is 1. The number of aliphatic carboxylic acids is 1. The fourth-order valence-electron chi connectivity index (χ4n) is 5.08. The molecule has 2 aromatic carbocycles. The molecular weight excluding hydrogens is 448 g/mol. The van der Waals surface area contributed by atoms with Crippen molar-refractivity contribution < 1.29 is 24.2 Å². The molecule has 0 spiro atoms. The van der Waals surface area contributed by atoms with Gasteiger partial charge in [-0.05, 0) is 41.5 Å². The molecule has 0 bridgehead atoms. The van der Waals surface area contributed by atoms with Gasteiger partial charge in [0.2, 0.25) is 0 Å². The molecule has 0 aliphatic heterocycles. The van der Waals surface area contributed by atoms with E-state index in [1.165, 1.54) is 10.9 Å². The Morgan fingerprint density at radius 2 is 1.71 bits per heavy atom. The summed E-state index contributed by atoms with van der Waals surface area (Å²) < 4.78 is 7.01. The van der Waals surface area contributed by atoms with E-state index in [4.69, 9.17) is 4.74 Å². The van der Waals surface area contributed by atoms with E-state index in [1.807, 2.05) is 36.4 Å². The van der Waals surface area contributed by atoms with Crippen LogP contribution in [0.1, 0.15) is 46.8 Å². The maximum atomic E-state index is 12.8. The Balaban J connectivity index is 1.24. The molecular formula is C26H26N4O5. The van der Waals surface area contributed by atoms with Crippen molar-refractivity contribution in [3.05, 3.63) is 71.5 Å². The van der Waals surface area contributed by atoms with Crippen molar-refractivity contribution in [2.24, 2.45) is 13.0 Å². The summed E-state index contributed by atoms with van der Waals surface area (Å²) in [5.41, 5.74) is 4.79. The summed E-state index contributed by atoms with van der Waals surface area (Å²) in [5.74, 6) is -1.84. The van der Waals surface area contributed by atoms with Gasteiger partial charge in [-0.2, -0.15) is 5.10 Å². The zero-order valence-corrected chi connectivity index (χ0v) is 19.2. The number of ether oxygens (including phenoxy) is 1. The van der Waals surface area contributed by atoms with Crippen molar-refractivity contribution in [2.75, 3.05) is 11.9 Å². The highest BCUT2D eigenvalue weighted by Gasteiger charge is 2.32. The number of rotatable bonds is 6. The number of hydrogen-bond donors (Lipinski definition) is 3. The quantitative estimate of drug-likeness (QED) is 0.500. The summed E-state index contributed by atoms with van der Waals surface area (Å²) >= 11 is 0. The number of aromatic nitrogens is 2. The number of amides is 2. The number of fused-ring (bicyclic) bond motifs is 3. The van der Waals surface area contributed by atoms with Crippen LogP contribution in [-0.4, -0.2) is 45.5 Å². The highest BCUT2D eigenvalue weighted by Crippen LogP contribution is 2.44. The number of anilines is 1. The van der Waals surface area contributed by atoms with Crippen LogP contribution < -0.4 is 10.6 Å². The minimum absolute atomic E-state index is 0.0554. The first-order valence-corrected chi connectivity index (χ1v) is 11.6. The number of hydrogen-bond acceptors (Lipinski definition) is 5. The van der Waals surface area contributed by atoms with Crippen molar-refractivity contribution >= 4 is 23.7 Å². The van der Waals surface area contributed by atoms with Gasteiger partial charge < -0.3 is 15.2 Å². The number of aryl methyl sites for hydroxylation is 1. The summed E-state index contributed by atoms with van der Waals surface area (Å²) in [6.07, 6.45) is 2.34. The second-order valence-corrected chi connectivity index (χ2v) is 9.03. The smallest absolute Gasteiger partial charge is 0.411 e. The molecule has 1 fully saturated rings. The first-order chi connectivity index (χ1) is 16.9. The maximum Gasteiger partial charge on any atom is 0.411 e. The van der Waals surface area contributed by atoms with Gasteiger partial charge >= 0.3 is 12.1 Å². The largest absolute Gasteiger partial charge is 0.481 e. The molecule has 1 saturated carbocycles. The molecule has 9 nitrogen and oxygen atoms in total. The Labute approximate surface area is 202 Å². The van der Waals surface area contributed by atoms with Crippen LogP contribution in [0.2, 0.25) is 0 Å². The number of nitrogens with one attached hydrogen (secondary N) is 2. The van der Waals surface area contributed by atoms with E-state index in [1.54, 1.807) is 7.05 Å². The van der Waals surface area contributed by atoms with Gasteiger partial charge in [-0.1, -0.05) is 48.5 Å². The molecule has 0 unspecified atom stereocenters. The maximum absolute atomic E-state index is 12.8. The van der Waals surface area contributed by atoms with Gasteiger partial charge in [0.15, 0.2) is 5.69 Å². The van der Waals surface area contributed by atoms with E-state index in [0.717, 1.165) is 22.3 Å². The average Bonchev–Trinajstić information content (AvgIpc) is 3.54. The third-order valence-electron chi connectivity index (χ3n) is 6.74. The van der Waals surface area contributed by atoms with Gasteiger partial charge in [-0.15, -0.1) is 0 Å². The van der Waals surface area contributed by atoms with E-state index in [2.05, 4.69) is 27.9 Å². The van der Waals surface area contributed by atoms with Crippen molar-refractivity contribution in [2.45, 2.75) is 31.2 Å². The summed E-state index contributed by atoms with van der Waals surface area (Å²) in [6, 6.07) is 15.9. The SMILES string of the molecule is Cn1cc(NC(=O)OCC2c3ccccc3-c3ccccc32)c(C(=O)N[C@H]2CC[C@@H](C(=O)O)C2)n1. The molecule has 0 saturated heterocycles. The summed E-state index contributed by atoms with van der Waals surface area (Å²) in [7, 11) is 1.65. The van der Waals surface area contributed by atoms with Crippen molar-refractivity contribution in [1.29, 1.82) is 0 Å². The van der Waals surface area contributed by atoms with Crippen LogP contribution >= 0.6 is 0 Å². The Hall–Kier alpha value is -4.14. The van der Waals surface area contributed by atoms with Crippen LogP contribution in [0.3, 0.4) is 0 Å². The minimum atomic E-state index is -0.850. The third-order valence-corrected chi connectivity index (χ3v) is 6.74.